The van der Waals surface area contributed by atoms with Crippen LogP contribution in [0.3, 0.4) is 0 Å². The van der Waals surface area contributed by atoms with Gasteiger partial charge in [0.25, 0.3) is 5.91 Å². The van der Waals surface area contributed by atoms with E-state index in [4.69, 9.17) is 9.47 Å². The number of nitrogens with zero attached hydrogens (tertiary/aromatic N) is 1. The number of aryl methyl sites for hydroxylation is 2. The minimum Gasteiger partial charge on any atom is -0.491 e. The lowest BCUT2D eigenvalue weighted by Gasteiger charge is -2.17. The fourth-order valence-corrected chi connectivity index (χ4v) is 2.98. The predicted octanol–water partition coefficient (Wildman–Crippen LogP) is 5.44. The molecule has 152 valence electrons. The zero-order valence-electron chi connectivity index (χ0n) is 17.5. The fourth-order valence-electron chi connectivity index (χ4n) is 2.98. The van der Waals surface area contributed by atoms with E-state index in [1.807, 2.05) is 56.3 Å². The molecule has 0 radical (unpaired) electrons. The zero-order chi connectivity index (χ0) is 20.8. The minimum absolute atomic E-state index is 0.215. The maximum absolute atomic E-state index is 12.7. The number of pyridine rings is 1. The maximum Gasteiger partial charge on any atom is 0.265 e. The lowest BCUT2D eigenvalue weighted by molar-refractivity contribution is -0.122. The minimum atomic E-state index is -0.635. The molecule has 0 fully saturated rings. The molecule has 3 rings (SSSR count). The number of hydrogen-bond acceptors (Lipinski definition) is 4. The topological polar surface area (TPSA) is 60.5 Å². The van der Waals surface area contributed by atoms with Crippen LogP contribution < -0.4 is 14.8 Å². The summed E-state index contributed by atoms with van der Waals surface area (Å²) in [6.45, 7) is 8.58. The molecule has 1 amide bonds. The molecular weight excluding hydrogens is 364 g/mol. The summed E-state index contributed by atoms with van der Waals surface area (Å²) in [5.41, 5.74) is 3.75. The van der Waals surface area contributed by atoms with Crippen LogP contribution >= 0.6 is 0 Å². The first-order valence-electron chi connectivity index (χ1n) is 10.0. The molecule has 1 aromatic heterocycles. The van der Waals surface area contributed by atoms with E-state index < -0.39 is 6.10 Å². The summed E-state index contributed by atoms with van der Waals surface area (Å²) in [7, 11) is 0. The Morgan fingerprint density at radius 3 is 2.72 bits per heavy atom. The smallest absolute Gasteiger partial charge is 0.265 e. The molecule has 0 spiro atoms. The molecule has 2 aromatic carbocycles. The van der Waals surface area contributed by atoms with Crippen molar-refractivity contribution < 1.29 is 14.3 Å². The van der Waals surface area contributed by atoms with Crippen molar-refractivity contribution in [3.8, 4) is 11.5 Å². The van der Waals surface area contributed by atoms with Gasteiger partial charge in [-0.3, -0.25) is 9.78 Å². The van der Waals surface area contributed by atoms with Crippen LogP contribution in [0.15, 0.2) is 48.7 Å². The molecular formula is C24H28N2O3. The van der Waals surface area contributed by atoms with Gasteiger partial charge in [0.05, 0.1) is 12.3 Å². The van der Waals surface area contributed by atoms with Gasteiger partial charge in [0.15, 0.2) is 6.10 Å². The summed E-state index contributed by atoms with van der Waals surface area (Å²) < 4.78 is 11.7. The van der Waals surface area contributed by atoms with E-state index in [1.54, 1.807) is 13.1 Å². The van der Waals surface area contributed by atoms with Gasteiger partial charge in [-0.1, -0.05) is 19.4 Å². The van der Waals surface area contributed by atoms with E-state index in [0.717, 1.165) is 35.1 Å². The van der Waals surface area contributed by atoms with E-state index in [1.165, 1.54) is 5.56 Å². The number of anilines is 1. The monoisotopic (exact) mass is 392 g/mol. The van der Waals surface area contributed by atoms with Gasteiger partial charge in [-0.2, -0.15) is 0 Å². The number of hydrogen-bond donors (Lipinski definition) is 1. The van der Waals surface area contributed by atoms with Crippen molar-refractivity contribution in [3.63, 3.8) is 0 Å². The molecule has 0 saturated heterocycles. The second kappa shape index (κ2) is 9.41. The fraction of sp³-hybridized carbons (Fsp3) is 0.333. The second-order valence-corrected chi connectivity index (χ2v) is 7.21. The number of nitrogens with one attached hydrogen (secondary N) is 1. The predicted molar refractivity (Wildman–Crippen MR) is 117 cm³/mol. The van der Waals surface area contributed by atoms with Crippen LogP contribution in [0.25, 0.3) is 10.9 Å². The first-order chi connectivity index (χ1) is 14.0. The van der Waals surface area contributed by atoms with Crippen LogP contribution in [0.2, 0.25) is 0 Å². The van der Waals surface area contributed by atoms with Crippen LogP contribution in [0.5, 0.6) is 11.5 Å². The Morgan fingerprint density at radius 2 is 1.97 bits per heavy atom. The van der Waals surface area contributed by atoms with Crippen molar-refractivity contribution in [2.45, 2.75) is 46.6 Å². The second-order valence-electron chi connectivity index (χ2n) is 7.21. The van der Waals surface area contributed by atoms with E-state index in [2.05, 4.69) is 17.2 Å². The Balaban J connectivity index is 1.75. The molecule has 1 N–H and O–H groups in total. The standard InChI is InChI=1S/C24H28N2O3/c1-5-6-14-28-22-12-11-21(20-8-7-13-25-23(20)22)26-24(27)18(4)29-19-10-9-16(2)17(3)15-19/h7-13,15,18H,5-6,14H2,1-4H3,(H,26,27)/t18-/m1/s1. The largest absolute Gasteiger partial charge is 0.491 e. The van der Waals surface area contributed by atoms with Gasteiger partial charge in [-0.15, -0.1) is 0 Å². The zero-order valence-corrected chi connectivity index (χ0v) is 17.5. The van der Waals surface area contributed by atoms with Crippen LogP contribution in [-0.4, -0.2) is 23.6 Å². The first-order valence-corrected chi connectivity index (χ1v) is 10.0. The Bertz CT molecular complexity index is 1000. The van der Waals surface area contributed by atoms with Gasteiger partial charge in [0, 0.05) is 11.6 Å². The van der Waals surface area contributed by atoms with Crippen molar-refractivity contribution in [1.29, 1.82) is 0 Å². The number of carbonyl (C=O) groups excluding carboxylic acids is 1. The van der Waals surface area contributed by atoms with Crippen molar-refractivity contribution in [1.82, 2.24) is 4.98 Å². The van der Waals surface area contributed by atoms with Gasteiger partial charge < -0.3 is 14.8 Å². The van der Waals surface area contributed by atoms with Crippen LogP contribution in [-0.2, 0) is 4.79 Å². The van der Waals surface area contributed by atoms with Crippen molar-refractivity contribution in [2.75, 3.05) is 11.9 Å². The number of fused-ring (bicyclic) bond motifs is 1. The molecule has 1 atom stereocenters. The third-order valence-corrected chi connectivity index (χ3v) is 4.91. The molecule has 1 heterocycles. The Morgan fingerprint density at radius 1 is 1.14 bits per heavy atom. The third-order valence-electron chi connectivity index (χ3n) is 4.91. The van der Waals surface area contributed by atoms with E-state index in [-0.39, 0.29) is 5.91 Å². The highest BCUT2D eigenvalue weighted by molar-refractivity contribution is 6.04. The molecule has 5 heteroatoms. The normalized spacial score (nSPS) is 11.9. The maximum atomic E-state index is 12.7. The SMILES string of the molecule is CCCCOc1ccc(NC(=O)[C@@H](C)Oc2ccc(C)c(C)c2)c2cccnc12. The summed E-state index contributed by atoms with van der Waals surface area (Å²) in [6, 6.07) is 13.3. The number of unbranched alkanes of at least 4 members (excludes halogenated alkanes) is 1. The Hall–Kier alpha value is -3.08. The number of ether oxygens (including phenoxy) is 2. The summed E-state index contributed by atoms with van der Waals surface area (Å²) in [6.07, 6.45) is 3.15. The van der Waals surface area contributed by atoms with E-state index >= 15 is 0 Å². The summed E-state index contributed by atoms with van der Waals surface area (Å²) in [5.74, 6) is 1.20. The van der Waals surface area contributed by atoms with Crippen LogP contribution in [0.1, 0.15) is 37.8 Å². The van der Waals surface area contributed by atoms with Crippen LogP contribution in [0.4, 0.5) is 5.69 Å². The molecule has 0 unspecified atom stereocenters. The average molecular weight is 392 g/mol. The number of aromatic nitrogens is 1. The molecule has 29 heavy (non-hydrogen) atoms. The molecule has 0 aliphatic carbocycles. The molecule has 0 aliphatic rings. The van der Waals surface area contributed by atoms with Gasteiger partial charge in [-0.05, 0) is 74.7 Å². The summed E-state index contributed by atoms with van der Waals surface area (Å²) >= 11 is 0. The van der Waals surface area contributed by atoms with Crippen molar-refractivity contribution in [2.24, 2.45) is 0 Å². The molecule has 0 aliphatic heterocycles. The molecule has 0 saturated carbocycles. The summed E-state index contributed by atoms with van der Waals surface area (Å²) in [5, 5.41) is 3.81. The van der Waals surface area contributed by atoms with Crippen LogP contribution in [0, 0.1) is 13.8 Å². The number of amides is 1. The highest BCUT2D eigenvalue weighted by atomic mass is 16.5. The number of carbonyl (C=O) groups is 1. The van der Waals surface area contributed by atoms with E-state index in [0.29, 0.717) is 18.0 Å². The third kappa shape index (κ3) is 5.05. The Kier molecular flexibility index (Phi) is 6.70. The first kappa shape index (κ1) is 20.6. The van der Waals surface area contributed by atoms with E-state index in [9.17, 15) is 4.79 Å². The highest BCUT2D eigenvalue weighted by Crippen LogP contribution is 2.30. The van der Waals surface area contributed by atoms with Gasteiger partial charge in [-0.25, -0.2) is 0 Å². The lowest BCUT2D eigenvalue weighted by atomic mass is 10.1. The molecule has 0 bridgehead atoms. The Labute approximate surface area is 172 Å². The van der Waals surface area contributed by atoms with Gasteiger partial charge in [0.1, 0.15) is 17.0 Å². The molecule has 5 nitrogen and oxygen atoms in total. The van der Waals surface area contributed by atoms with Crippen molar-refractivity contribution >= 4 is 22.5 Å². The quantitative estimate of drug-likeness (QED) is 0.519. The average Bonchev–Trinajstić information content (AvgIpc) is 2.72. The number of rotatable bonds is 8. The number of benzene rings is 2. The highest BCUT2D eigenvalue weighted by Gasteiger charge is 2.17. The lowest BCUT2D eigenvalue weighted by Crippen LogP contribution is -2.30. The van der Waals surface area contributed by atoms with Gasteiger partial charge in [0.2, 0.25) is 0 Å². The molecule has 3 aromatic rings. The van der Waals surface area contributed by atoms with Gasteiger partial charge >= 0.3 is 0 Å². The summed E-state index contributed by atoms with van der Waals surface area (Å²) in [4.78, 5) is 17.2. The van der Waals surface area contributed by atoms with Crippen molar-refractivity contribution in [3.05, 3.63) is 59.8 Å².